The van der Waals surface area contributed by atoms with Gasteiger partial charge < -0.3 is 5.32 Å². The molecule has 0 bridgehead atoms. The topological polar surface area (TPSA) is 48.7 Å². The summed E-state index contributed by atoms with van der Waals surface area (Å²) in [4.78, 5) is 4.09. The highest BCUT2D eigenvalue weighted by atomic mass is 14.8. The van der Waals surface area contributed by atoms with E-state index in [2.05, 4.69) is 22.4 Å². The van der Waals surface area contributed by atoms with E-state index < -0.39 is 0 Å². The van der Waals surface area contributed by atoms with Gasteiger partial charge in [-0.15, -0.1) is 0 Å². The quantitative estimate of drug-likeness (QED) is 0.716. The van der Waals surface area contributed by atoms with Crippen LogP contribution in [0.2, 0.25) is 0 Å². The van der Waals surface area contributed by atoms with Crippen molar-refractivity contribution in [2.45, 2.75) is 39.5 Å². The van der Waals surface area contributed by atoms with E-state index in [1.807, 2.05) is 26.1 Å². The molecule has 0 saturated heterocycles. The number of pyridine rings is 1. The van der Waals surface area contributed by atoms with Crippen LogP contribution in [-0.2, 0) is 6.42 Å². The molecule has 3 heteroatoms. The van der Waals surface area contributed by atoms with Gasteiger partial charge in [0, 0.05) is 12.4 Å². The molecule has 1 aromatic rings. The van der Waals surface area contributed by atoms with Crippen molar-refractivity contribution in [1.82, 2.24) is 10.3 Å². The first-order chi connectivity index (χ1) is 8.64. The van der Waals surface area contributed by atoms with Crippen LogP contribution < -0.4 is 5.32 Å². The van der Waals surface area contributed by atoms with E-state index in [4.69, 9.17) is 5.26 Å². The van der Waals surface area contributed by atoms with Crippen molar-refractivity contribution in [1.29, 1.82) is 5.26 Å². The standard InChI is InChI=1S/C15H23N3/c1-15(2,13-16)8-3-4-9-17-11-7-14-6-5-10-18-12-14/h5-6,10,12,17H,3-4,7-9,11H2,1-2H3. The molecule has 1 rings (SSSR count). The molecule has 0 spiro atoms. The Labute approximate surface area is 110 Å². The van der Waals surface area contributed by atoms with Crippen molar-refractivity contribution in [2.75, 3.05) is 13.1 Å². The number of nitriles is 1. The summed E-state index contributed by atoms with van der Waals surface area (Å²) in [5.41, 5.74) is 1.10. The van der Waals surface area contributed by atoms with Crippen LogP contribution in [0.5, 0.6) is 0 Å². The molecule has 0 aliphatic heterocycles. The SMILES string of the molecule is CC(C)(C#N)CCCCNCCc1cccnc1. The summed E-state index contributed by atoms with van der Waals surface area (Å²) >= 11 is 0. The zero-order valence-corrected chi connectivity index (χ0v) is 11.4. The van der Waals surface area contributed by atoms with Gasteiger partial charge in [0.25, 0.3) is 0 Å². The Morgan fingerprint density at radius 1 is 1.33 bits per heavy atom. The average molecular weight is 245 g/mol. The Bertz CT molecular complexity index is 365. The first-order valence-electron chi connectivity index (χ1n) is 6.65. The fraction of sp³-hybridized carbons (Fsp3) is 0.600. The lowest BCUT2D eigenvalue weighted by Crippen LogP contribution is -2.19. The van der Waals surface area contributed by atoms with Gasteiger partial charge in [-0.05, 0) is 57.8 Å². The molecule has 0 saturated carbocycles. The smallest absolute Gasteiger partial charge is 0.0683 e. The molecule has 18 heavy (non-hydrogen) atoms. The van der Waals surface area contributed by atoms with Crippen LogP contribution in [0.1, 0.15) is 38.7 Å². The summed E-state index contributed by atoms with van der Waals surface area (Å²) in [7, 11) is 0. The Morgan fingerprint density at radius 3 is 2.83 bits per heavy atom. The molecule has 3 nitrogen and oxygen atoms in total. The molecule has 0 atom stereocenters. The summed E-state index contributed by atoms with van der Waals surface area (Å²) < 4.78 is 0. The van der Waals surface area contributed by atoms with Crippen LogP contribution in [0.4, 0.5) is 0 Å². The predicted octanol–water partition coefficient (Wildman–Crippen LogP) is 2.93. The number of unbranched alkanes of at least 4 members (excludes halogenated alkanes) is 1. The minimum Gasteiger partial charge on any atom is -0.316 e. The highest BCUT2D eigenvalue weighted by molar-refractivity contribution is 5.08. The second kappa shape index (κ2) is 7.84. The Morgan fingerprint density at radius 2 is 2.17 bits per heavy atom. The van der Waals surface area contributed by atoms with Crippen molar-refractivity contribution in [3.05, 3.63) is 30.1 Å². The van der Waals surface area contributed by atoms with E-state index in [1.54, 1.807) is 6.20 Å². The lowest BCUT2D eigenvalue weighted by atomic mass is 9.89. The monoisotopic (exact) mass is 245 g/mol. The number of aromatic nitrogens is 1. The predicted molar refractivity (Wildman–Crippen MR) is 74.1 cm³/mol. The molecule has 0 fully saturated rings. The van der Waals surface area contributed by atoms with Crippen LogP contribution in [-0.4, -0.2) is 18.1 Å². The van der Waals surface area contributed by atoms with Crippen molar-refractivity contribution in [3.8, 4) is 6.07 Å². The molecule has 98 valence electrons. The van der Waals surface area contributed by atoms with Gasteiger partial charge in [-0.3, -0.25) is 4.98 Å². The normalized spacial score (nSPS) is 11.2. The molecule has 1 aromatic heterocycles. The first-order valence-corrected chi connectivity index (χ1v) is 6.65. The largest absolute Gasteiger partial charge is 0.316 e. The maximum absolute atomic E-state index is 8.89. The number of rotatable bonds is 8. The highest BCUT2D eigenvalue weighted by Crippen LogP contribution is 2.21. The van der Waals surface area contributed by atoms with Gasteiger partial charge >= 0.3 is 0 Å². The number of hydrogen-bond acceptors (Lipinski definition) is 3. The molecule has 1 N–H and O–H groups in total. The molecular weight excluding hydrogens is 222 g/mol. The molecular formula is C15H23N3. The molecule has 0 unspecified atom stereocenters. The van der Waals surface area contributed by atoms with E-state index in [9.17, 15) is 0 Å². The molecule has 0 aliphatic carbocycles. The molecule has 0 aromatic carbocycles. The minimum atomic E-state index is -0.171. The van der Waals surface area contributed by atoms with Crippen molar-refractivity contribution < 1.29 is 0 Å². The van der Waals surface area contributed by atoms with Crippen molar-refractivity contribution in [3.63, 3.8) is 0 Å². The van der Waals surface area contributed by atoms with Crippen molar-refractivity contribution in [2.24, 2.45) is 5.41 Å². The van der Waals surface area contributed by atoms with E-state index in [-0.39, 0.29) is 5.41 Å². The Hall–Kier alpha value is -1.40. The fourth-order valence-electron chi connectivity index (χ4n) is 1.78. The summed E-state index contributed by atoms with van der Waals surface area (Å²) in [6.45, 7) is 6.03. The summed E-state index contributed by atoms with van der Waals surface area (Å²) in [5.74, 6) is 0. The van der Waals surface area contributed by atoms with Crippen LogP contribution >= 0.6 is 0 Å². The zero-order chi connectivity index (χ0) is 13.3. The van der Waals surface area contributed by atoms with Crippen LogP contribution in [0.15, 0.2) is 24.5 Å². The Balaban J connectivity index is 1.98. The average Bonchev–Trinajstić information content (AvgIpc) is 2.39. The fourth-order valence-corrected chi connectivity index (χ4v) is 1.78. The van der Waals surface area contributed by atoms with Gasteiger partial charge in [0.05, 0.1) is 11.5 Å². The highest BCUT2D eigenvalue weighted by Gasteiger charge is 2.14. The van der Waals surface area contributed by atoms with E-state index in [0.29, 0.717) is 0 Å². The van der Waals surface area contributed by atoms with Crippen LogP contribution in [0.25, 0.3) is 0 Å². The third-order valence-corrected chi connectivity index (χ3v) is 3.02. The summed E-state index contributed by atoms with van der Waals surface area (Å²) in [5, 5.41) is 12.3. The summed E-state index contributed by atoms with van der Waals surface area (Å²) in [6.07, 6.45) is 7.97. The van der Waals surface area contributed by atoms with E-state index >= 15 is 0 Å². The molecule has 0 amide bonds. The third kappa shape index (κ3) is 6.36. The lowest BCUT2D eigenvalue weighted by Gasteiger charge is -2.14. The maximum Gasteiger partial charge on any atom is 0.0683 e. The van der Waals surface area contributed by atoms with E-state index in [1.165, 1.54) is 5.56 Å². The van der Waals surface area contributed by atoms with Crippen LogP contribution in [0, 0.1) is 16.7 Å². The van der Waals surface area contributed by atoms with Crippen molar-refractivity contribution >= 4 is 0 Å². The van der Waals surface area contributed by atoms with E-state index in [0.717, 1.165) is 38.8 Å². The molecule has 0 aliphatic rings. The van der Waals surface area contributed by atoms with Gasteiger partial charge in [0.1, 0.15) is 0 Å². The lowest BCUT2D eigenvalue weighted by molar-refractivity contribution is 0.423. The third-order valence-electron chi connectivity index (χ3n) is 3.02. The number of nitrogens with zero attached hydrogens (tertiary/aromatic N) is 2. The molecule has 1 heterocycles. The number of nitrogens with one attached hydrogen (secondary N) is 1. The zero-order valence-electron chi connectivity index (χ0n) is 11.4. The molecule has 0 radical (unpaired) electrons. The van der Waals surface area contributed by atoms with Gasteiger partial charge in [-0.25, -0.2) is 0 Å². The number of hydrogen-bond donors (Lipinski definition) is 1. The summed E-state index contributed by atoms with van der Waals surface area (Å²) in [6, 6.07) is 6.41. The van der Waals surface area contributed by atoms with Gasteiger partial charge in [0.15, 0.2) is 0 Å². The van der Waals surface area contributed by atoms with Gasteiger partial charge in [-0.2, -0.15) is 5.26 Å². The second-order valence-electron chi connectivity index (χ2n) is 5.31. The Kier molecular flexibility index (Phi) is 6.38. The first kappa shape index (κ1) is 14.7. The maximum atomic E-state index is 8.89. The second-order valence-corrected chi connectivity index (χ2v) is 5.31. The minimum absolute atomic E-state index is 0.171. The van der Waals surface area contributed by atoms with Gasteiger partial charge in [-0.1, -0.05) is 12.5 Å². The van der Waals surface area contributed by atoms with Gasteiger partial charge in [0.2, 0.25) is 0 Å². The van der Waals surface area contributed by atoms with Crippen LogP contribution in [0.3, 0.4) is 0 Å².